The zero-order chi connectivity index (χ0) is 23.3. The van der Waals surface area contributed by atoms with E-state index in [1.165, 1.54) is 0 Å². The van der Waals surface area contributed by atoms with Crippen molar-refractivity contribution in [3.63, 3.8) is 0 Å². The van der Waals surface area contributed by atoms with Crippen LogP contribution in [0.15, 0.2) is 42.9 Å². The van der Waals surface area contributed by atoms with Crippen molar-refractivity contribution in [1.29, 1.82) is 0 Å². The molecule has 0 atom stereocenters. The second-order valence-corrected chi connectivity index (χ2v) is 9.04. The summed E-state index contributed by atoms with van der Waals surface area (Å²) in [5.41, 5.74) is 1.92. The Labute approximate surface area is 200 Å². The van der Waals surface area contributed by atoms with Gasteiger partial charge in [0.15, 0.2) is 0 Å². The Bertz CT molecular complexity index is 1140. The summed E-state index contributed by atoms with van der Waals surface area (Å²) in [5, 5.41) is 8.66. The molecule has 2 fully saturated rings. The number of anilines is 2. The third-order valence-electron chi connectivity index (χ3n) is 6.76. The lowest BCUT2D eigenvalue weighted by Crippen LogP contribution is -2.40. The second-order valence-electron chi connectivity index (χ2n) is 9.04. The van der Waals surface area contributed by atoms with Crippen LogP contribution >= 0.6 is 0 Å². The Kier molecular flexibility index (Phi) is 6.85. The molecular formula is C26H32N6O2. The smallest absolute Gasteiger partial charge is 0.223 e. The van der Waals surface area contributed by atoms with Crippen LogP contribution in [0.25, 0.3) is 22.0 Å². The van der Waals surface area contributed by atoms with Crippen LogP contribution in [0.5, 0.6) is 0 Å². The van der Waals surface area contributed by atoms with Crippen molar-refractivity contribution in [2.24, 2.45) is 5.92 Å². The lowest BCUT2D eigenvalue weighted by molar-refractivity contribution is -0.125. The summed E-state index contributed by atoms with van der Waals surface area (Å²) in [5.74, 6) is 2.06. The summed E-state index contributed by atoms with van der Waals surface area (Å²) < 4.78 is 5.47. The van der Waals surface area contributed by atoms with Gasteiger partial charge in [-0.2, -0.15) is 0 Å². The average molecular weight is 461 g/mol. The Morgan fingerprint density at radius 2 is 1.94 bits per heavy atom. The number of ether oxygens (including phenoxy) is 1. The van der Waals surface area contributed by atoms with Gasteiger partial charge in [-0.05, 0) is 56.9 Å². The van der Waals surface area contributed by atoms with Crippen LogP contribution < -0.4 is 15.5 Å². The maximum Gasteiger partial charge on any atom is 0.223 e. The lowest BCUT2D eigenvalue weighted by atomic mass is 9.95. The summed E-state index contributed by atoms with van der Waals surface area (Å²) in [7, 11) is 0. The van der Waals surface area contributed by atoms with Crippen LogP contribution in [0.2, 0.25) is 0 Å². The van der Waals surface area contributed by atoms with Crippen molar-refractivity contribution in [3.05, 3.63) is 42.9 Å². The largest absolute Gasteiger partial charge is 0.381 e. The topological polar surface area (TPSA) is 92.3 Å². The maximum atomic E-state index is 12.3. The molecule has 0 aliphatic carbocycles. The summed E-state index contributed by atoms with van der Waals surface area (Å²) >= 11 is 0. The zero-order valence-electron chi connectivity index (χ0n) is 19.7. The van der Waals surface area contributed by atoms with E-state index < -0.39 is 0 Å². The standard InChI is InChI=1S/C26H32N6O2/c1-2-28-26(33)18-5-11-32(12-6-18)25-22-4-9-27-17-20(22)15-23(31-25)19-3-10-29-24(16-19)30-21-7-13-34-14-8-21/h3-4,9-10,15-18,21H,2,5-8,11-14H2,1H3,(H,28,33)(H,29,30). The molecule has 5 rings (SSSR count). The van der Waals surface area contributed by atoms with E-state index in [4.69, 9.17) is 9.72 Å². The number of nitrogens with zero attached hydrogens (tertiary/aromatic N) is 4. The number of hydrogen-bond acceptors (Lipinski definition) is 7. The fraction of sp³-hybridized carbons (Fsp3) is 0.462. The molecule has 1 amide bonds. The van der Waals surface area contributed by atoms with Gasteiger partial charge >= 0.3 is 0 Å². The van der Waals surface area contributed by atoms with Gasteiger partial charge in [0.1, 0.15) is 11.6 Å². The minimum atomic E-state index is 0.0753. The van der Waals surface area contributed by atoms with Crippen LogP contribution in [0, 0.1) is 5.92 Å². The fourth-order valence-corrected chi connectivity index (χ4v) is 4.86. The van der Waals surface area contributed by atoms with Crippen LogP contribution in [0.1, 0.15) is 32.6 Å². The SMILES string of the molecule is CCNC(=O)C1CCN(c2nc(-c3ccnc(NC4CCOCC4)c3)cc3cnccc23)CC1. The van der Waals surface area contributed by atoms with E-state index in [0.717, 1.165) is 85.7 Å². The van der Waals surface area contributed by atoms with Gasteiger partial charge < -0.3 is 20.3 Å². The summed E-state index contributed by atoms with van der Waals surface area (Å²) in [6, 6.07) is 8.59. The highest BCUT2D eigenvalue weighted by Gasteiger charge is 2.26. The molecular weight excluding hydrogens is 428 g/mol. The van der Waals surface area contributed by atoms with E-state index in [1.54, 1.807) is 0 Å². The van der Waals surface area contributed by atoms with Crippen molar-refractivity contribution in [3.8, 4) is 11.3 Å². The highest BCUT2D eigenvalue weighted by Crippen LogP contribution is 2.32. The number of amides is 1. The quantitative estimate of drug-likeness (QED) is 0.580. The first-order valence-electron chi connectivity index (χ1n) is 12.3. The number of hydrogen-bond donors (Lipinski definition) is 2. The number of rotatable bonds is 6. The Balaban J connectivity index is 1.41. The monoisotopic (exact) mass is 460 g/mol. The van der Waals surface area contributed by atoms with E-state index in [-0.39, 0.29) is 11.8 Å². The molecule has 8 nitrogen and oxygen atoms in total. The molecule has 3 aromatic heterocycles. The van der Waals surface area contributed by atoms with Gasteiger partial charge in [0.05, 0.1) is 5.69 Å². The summed E-state index contributed by atoms with van der Waals surface area (Å²) in [6.07, 6.45) is 9.19. The molecule has 0 radical (unpaired) electrons. The normalized spacial score (nSPS) is 17.6. The van der Waals surface area contributed by atoms with Crippen molar-refractivity contribution >= 4 is 28.3 Å². The van der Waals surface area contributed by atoms with Gasteiger partial charge in [-0.25, -0.2) is 9.97 Å². The van der Waals surface area contributed by atoms with E-state index in [1.807, 2.05) is 37.6 Å². The molecule has 2 aliphatic rings. The van der Waals surface area contributed by atoms with E-state index >= 15 is 0 Å². The molecule has 0 spiro atoms. The van der Waals surface area contributed by atoms with E-state index in [0.29, 0.717) is 12.6 Å². The molecule has 0 unspecified atom stereocenters. The predicted molar refractivity (Wildman–Crippen MR) is 134 cm³/mol. The molecule has 5 heterocycles. The van der Waals surface area contributed by atoms with Gasteiger partial charge in [-0.15, -0.1) is 0 Å². The van der Waals surface area contributed by atoms with Crippen molar-refractivity contribution in [2.75, 3.05) is 43.1 Å². The van der Waals surface area contributed by atoms with Gasteiger partial charge in [-0.3, -0.25) is 9.78 Å². The summed E-state index contributed by atoms with van der Waals surface area (Å²) in [4.78, 5) is 28.6. The van der Waals surface area contributed by atoms with Crippen LogP contribution in [0.4, 0.5) is 11.6 Å². The molecule has 2 saturated heterocycles. The van der Waals surface area contributed by atoms with Crippen LogP contribution in [-0.4, -0.2) is 59.7 Å². The van der Waals surface area contributed by atoms with Crippen molar-refractivity contribution in [2.45, 2.75) is 38.6 Å². The minimum absolute atomic E-state index is 0.0753. The molecule has 0 aromatic carbocycles. The Morgan fingerprint density at radius 1 is 1.12 bits per heavy atom. The van der Waals surface area contributed by atoms with Crippen LogP contribution in [0.3, 0.4) is 0 Å². The second kappa shape index (κ2) is 10.3. The molecule has 34 heavy (non-hydrogen) atoms. The number of carbonyl (C=O) groups excluding carboxylic acids is 1. The molecule has 2 N–H and O–H groups in total. The first-order valence-corrected chi connectivity index (χ1v) is 12.3. The maximum absolute atomic E-state index is 12.3. The highest BCUT2D eigenvalue weighted by atomic mass is 16.5. The molecule has 0 bridgehead atoms. The first-order chi connectivity index (χ1) is 16.7. The number of aromatic nitrogens is 3. The number of fused-ring (bicyclic) bond motifs is 1. The third kappa shape index (κ3) is 4.97. The third-order valence-corrected chi connectivity index (χ3v) is 6.76. The zero-order valence-corrected chi connectivity index (χ0v) is 19.7. The molecule has 3 aromatic rings. The summed E-state index contributed by atoms with van der Waals surface area (Å²) in [6.45, 7) is 5.84. The molecule has 2 aliphatic heterocycles. The van der Waals surface area contributed by atoms with Gasteiger partial charge in [0, 0.05) is 79.7 Å². The van der Waals surface area contributed by atoms with Crippen molar-refractivity contribution in [1.82, 2.24) is 20.3 Å². The number of piperidine rings is 1. The van der Waals surface area contributed by atoms with Gasteiger partial charge in [-0.1, -0.05) is 0 Å². The first kappa shape index (κ1) is 22.5. The number of pyridine rings is 3. The van der Waals surface area contributed by atoms with Gasteiger partial charge in [0.2, 0.25) is 5.91 Å². The number of carbonyl (C=O) groups is 1. The Morgan fingerprint density at radius 3 is 2.74 bits per heavy atom. The molecule has 0 saturated carbocycles. The van der Waals surface area contributed by atoms with E-state index in [9.17, 15) is 4.79 Å². The number of nitrogens with one attached hydrogen (secondary N) is 2. The van der Waals surface area contributed by atoms with Crippen molar-refractivity contribution < 1.29 is 9.53 Å². The Hall–Kier alpha value is -3.26. The minimum Gasteiger partial charge on any atom is -0.381 e. The predicted octanol–water partition coefficient (Wildman–Crippen LogP) is 3.64. The van der Waals surface area contributed by atoms with Gasteiger partial charge in [0.25, 0.3) is 0 Å². The molecule has 8 heteroatoms. The van der Waals surface area contributed by atoms with Crippen LogP contribution in [-0.2, 0) is 9.53 Å². The lowest BCUT2D eigenvalue weighted by Gasteiger charge is -2.33. The molecule has 178 valence electrons. The highest BCUT2D eigenvalue weighted by molar-refractivity contribution is 5.94. The fourth-order valence-electron chi connectivity index (χ4n) is 4.86. The average Bonchev–Trinajstić information content (AvgIpc) is 2.89. The van der Waals surface area contributed by atoms with E-state index in [2.05, 4.69) is 37.6 Å².